The molecule has 88 valence electrons. The highest BCUT2D eigenvalue weighted by Crippen LogP contribution is 2.21. The number of phenolic OH excluding ortho intramolecular Hbond substituents is 2. The van der Waals surface area contributed by atoms with E-state index in [0.717, 1.165) is 6.07 Å². The Morgan fingerprint density at radius 1 is 1.25 bits per heavy atom. The Morgan fingerprint density at radius 2 is 1.81 bits per heavy atom. The quantitative estimate of drug-likeness (QED) is 0.699. The fraction of sp³-hybridized carbons (Fsp3) is 0.364. The molecule has 0 unspecified atom stereocenters. The van der Waals surface area contributed by atoms with Gasteiger partial charge in [-0.15, -0.1) is 0 Å². The Kier molecular flexibility index (Phi) is 4.13. The third kappa shape index (κ3) is 2.87. The van der Waals surface area contributed by atoms with Gasteiger partial charge in [0.25, 0.3) is 5.91 Å². The second-order valence-electron chi connectivity index (χ2n) is 3.35. The standard InChI is InChI=1S/C11H15NO4/c1-2-12(3-4-13)11(16)8-5-9(14)7-10(15)6-8/h5-7,13-15H,2-4H2,1H3. The van der Waals surface area contributed by atoms with Crippen molar-refractivity contribution in [1.29, 1.82) is 0 Å². The molecule has 0 aromatic heterocycles. The van der Waals surface area contributed by atoms with Crippen LogP contribution in [0.5, 0.6) is 11.5 Å². The average molecular weight is 225 g/mol. The Bertz CT molecular complexity index is 358. The van der Waals surface area contributed by atoms with E-state index >= 15 is 0 Å². The molecule has 1 amide bonds. The van der Waals surface area contributed by atoms with E-state index in [1.807, 2.05) is 0 Å². The molecule has 1 rings (SSSR count). The van der Waals surface area contributed by atoms with E-state index in [2.05, 4.69) is 0 Å². The number of carbonyl (C=O) groups excluding carboxylic acids is 1. The fourth-order valence-electron chi connectivity index (χ4n) is 1.43. The third-order valence-electron chi connectivity index (χ3n) is 2.19. The van der Waals surface area contributed by atoms with Gasteiger partial charge in [-0.1, -0.05) is 0 Å². The van der Waals surface area contributed by atoms with E-state index in [1.54, 1.807) is 6.92 Å². The highest BCUT2D eigenvalue weighted by molar-refractivity contribution is 5.95. The zero-order chi connectivity index (χ0) is 12.1. The maximum atomic E-state index is 11.9. The predicted molar refractivity (Wildman–Crippen MR) is 58.4 cm³/mol. The molecular weight excluding hydrogens is 210 g/mol. The van der Waals surface area contributed by atoms with Gasteiger partial charge in [0.15, 0.2) is 0 Å². The number of aliphatic hydroxyl groups excluding tert-OH is 1. The van der Waals surface area contributed by atoms with Gasteiger partial charge in [-0.05, 0) is 19.1 Å². The van der Waals surface area contributed by atoms with Crippen LogP contribution in [-0.2, 0) is 0 Å². The molecule has 1 aromatic carbocycles. The smallest absolute Gasteiger partial charge is 0.254 e. The minimum atomic E-state index is -0.331. The van der Waals surface area contributed by atoms with E-state index in [4.69, 9.17) is 5.11 Å². The summed E-state index contributed by atoms with van der Waals surface area (Å²) in [4.78, 5) is 13.3. The number of likely N-dealkylation sites (N-methyl/N-ethyl adjacent to an activating group) is 1. The van der Waals surface area contributed by atoms with Crippen molar-refractivity contribution in [3.63, 3.8) is 0 Å². The summed E-state index contributed by atoms with van der Waals surface area (Å²) in [6.45, 7) is 2.35. The van der Waals surface area contributed by atoms with Crippen molar-refractivity contribution >= 4 is 5.91 Å². The van der Waals surface area contributed by atoms with Crippen molar-refractivity contribution in [2.75, 3.05) is 19.7 Å². The third-order valence-corrected chi connectivity index (χ3v) is 2.19. The summed E-state index contributed by atoms with van der Waals surface area (Å²) >= 11 is 0. The lowest BCUT2D eigenvalue weighted by Gasteiger charge is -2.19. The molecule has 0 atom stereocenters. The van der Waals surface area contributed by atoms with Gasteiger partial charge in [0.1, 0.15) is 11.5 Å². The molecular formula is C11H15NO4. The molecule has 16 heavy (non-hydrogen) atoms. The average Bonchev–Trinajstić information content (AvgIpc) is 2.23. The Balaban J connectivity index is 2.94. The number of benzene rings is 1. The first-order valence-electron chi connectivity index (χ1n) is 5.01. The van der Waals surface area contributed by atoms with E-state index < -0.39 is 0 Å². The molecule has 0 radical (unpaired) electrons. The van der Waals surface area contributed by atoms with Crippen LogP contribution in [0.3, 0.4) is 0 Å². The minimum absolute atomic E-state index is 0.121. The van der Waals surface area contributed by atoms with Crippen LogP contribution < -0.4 is 0 Å². The molecule has 5 heteroatoms. The molecule has 0 saturated carbocycles. The van der Waals surface area contributed by atoms with Crippen molar-refractivity contribution in [3.8, 4) is 11.5 Å². The summed E-state index contributed by atoms with van der Waals surface area (Å²) < 4.78 is 0. The monoisotopic (exact) mass is 225 g/mol. The second kappa shape index (κ2) is 5.37. The van der Waals surface area contributed by atoms with Crippen LogP contribution in [0, 0.1) is 0 Å². The number of nitrogens with zero attached hydrogens (tertiary/aromatic N) is 1. The number of hydrogen-bond acceptors (Lipinski definition) is 4. The lowest BCUT2D eigenvalue weighted by Crippen LogP contribution is -2.33. The van der Waals surface area contributed by atoms with E-state index in [0.29, 0.717) is 6.54 Å². The number of rotatable bonds is 4. The molecule has 0 aliphatic carbocycles. The van der Waals surface area contributed by atoms with Gasteiger partial charge in [-0.3, -0.25) is 4.79 Å². The van der Waals surface area contributed by atoms with E-state index in [9.17, 15) is 15.0 Å². The van der Waals surface area contributed by atoms with Gasteiger partial charge in [-0.2, -0.15) is 0 Å². The van der Waals surface area contributed by atoms with Crippen LogP contribution >= 0.6 is 0 Å². The van der Waals surface area contributed by atoms with Crippen molar-refractivity contribution in [3.05, 3.63) is 23.8 Å². The lowest BCUT2D eigenvalue weighted by atomic mass is 10.1. The molecule has 0 heterocycles. The molecule has 0 fully saturated rings. The zero-order valence-corrected chi connectivity index (χ0v) is 9.05. The Labute approximate surface area is 93.6 Å². The first kappa shape index (κ1) is 12.3. The van der Waals surface area contributed by atoms with Crippen LogP contribution in [0.25, 0.3) is 0 Å². The molecule has 0 aliphatic heterocycles. The minimum Gasteiger partial charge on any atom is -0.508 e. The molecule has 3 N–H and O–H groups in total. The topological polar surface area (TPSA) is 81.0 Å². The summed E-state index contributed by atoms with van der Waals surface area (Å²) in [5, 5.41) is 27.3. The number of aromatic hydroxyl groups is 2. The number of carbonyl (C=O) groups is 1. The lowest BCUT2D eigenvalue weighted by molar-refractivity contribution is 0.0731. The Morgan fingerprint density at radius 3 is 2.25 bits per heavy atom. The normalized spacial score (nSPS) is 10.1. The maximum Gasteiger partial charge on any atom is 0.254 e. The highest BCUT2D eigenvalue weighted by atomic mass is 16.3. The van der Waals surface area contributed by atoms with Gasteiger partial charge in [0.05, 0.1) is 6.61 Å². The maximum absolute atomic E-state index is 11.9. The van der Waals surface area contributed by atoms with Crippen LogP contribution in [0.2, 0.25) is 0 Å². The molecule has 0 bridgehead atoms. The van der Waals surface area contributed by atoms with Gasteiger partial charge in [0.2, 0.25) is 0 Å². The van der Waals surface area contributed by atoms with Crippen molar-refractivity contribution in [2.24, 2.45) is 0 Å². The zero-order valence-electron chi connectivity index (χ0n) is 9.05. The summed E-state index contributed by atoms with van der Waals surface area (Å²) in [6.07, 6.45) is 0. The first-order chi connectivity index (χ1) is 7.58. The molecule has 5 nitrogen and oxygen atoms in total. The van der Waals surface area contributed by atoms with Crippen molar-refractivity contribution < 1.29 is 20.1 Å². The van der Waals surface area contributed by atoms with Crippen molar-refractivity contribution in [2.45, 2.75) is 6.92 Å². The van der Waals surface area contributed by atoms with Gasteiger partial charge < -0.3 is 20.2 Å². The van der Waals surface area contributed by atoms with Gasteiger partial charge >= 0.3 is 0 Å². The molecule has 0 aliphatic rings. The van der Waals surface area contributed by atoms with E-state index in [1.165, 1.54) is 17.0 Å². The molecule has 0 spiro atoms. The first-order valence-corrected chi connectivity index (χ1v) is 5.01. The summed E-state index contributed by atoms with van der Waals surface area (Å²) in [5.74, 6) is -0.658. The molecule has 1 aromatic rings. The van der Waals surface area contributed by atoms with Crippen molar-refractivity contribution in [1.82, 2.24) is 4.90 Å². The number of hydrogen-bond donors (Lipinski definition) is 3. The predicted octanol–water partition coefficient (Wildman–Crippen LogP) is 0.552. The fourth-order valence-corrected chi connectivity index (χ4v) is 1.43. The number of phenols is 2. The van der Waals surface area contributed by atoms with Crippen LogP contribution in [0.1, 0.15) is 17.3 Å². The van der Waals surface area contributed by atoms with Crippen LogP contribution in [0.15, 0.2) is 18.2 Å². The summed E-state index contributed by atoms with van der Waals surface area (Å²) in [5.41, 5.74) is 0.202. The number of aliphatic hydroxyl groups is 1. The SMILES string of the molecule is CCN(CCO)C(=O)c1cc(O)cc(O)c1. The van der Waals surface area contributed by atoms with Crippen LogP contribution in [0.4, 0.5) is 0 Å². The number of amides is 1. The highest BCUT2D eigenvalue weighted by Gasteiger charge is 2.14. The van der Waals surface area contributed by atoms with Gasteiger partial charge in [0, 0.05) is 24.7 Å². The van der Waals surface area contributed by atoms with Crippen LogP contribution in [-0.4, -0.2) is 45.8 Å². The summed E-state index contributed by atoms with van der Waals surface area (Å²) in [6, 6.07) is 3.71. The second-order valence-corrected chi connectivity index (χ2v) is 3.35. The summed E-state index contributed by atoms with van der Waals surface area (Å²) in [7, 11) is 0. The largest absolute Gasteiger partial charge is 0.508 e. The molecule has 0 saturated heterocycles. The van der Waals surface area contributed by atoms with E-state index in [-0.39, 0.29) is 36.1 Å². The Hall–Kier alpha value is -1.75. The van der Waals surface area contributed by atoms with Gasteiger partial charge in [-0.25, -0.2) is 0 Å².